The van der Waals surface area contributed by atoms with Gasteiger partial charge in [-0.2, -0.15) is 0 Å². The van der Waals surface area contributed by atoms with Gasteiger partial charge in [-0.15, -0.1) is 0 Å². The number of anilines is 1. The molecule has 2 aromatic heterocycles. The van der Waals surface area contributed by atoms with E-state index in [1.54, 1.807) is 6.07 Å². The molecule has 0 bridgehead atoms. The van der Waals surface area contributed by atoms with Crippen LogP contribution in [0.4, 0.5) is 5.82 Å². The molecule has 0 saturated heterocycles. The lowest BCUT2D eigenvalue weighted by Gasteiger charge is -2.27. The SMILES string of the molecule is CCC1CC(Cc2cc3cccc(C)c3c(=O)n2-c2ccccc2C)=Cc2ncnc(N)c2C1c1cccc(O)c1. The number of phenolic OH excluding ortho intramolecular Hbond substituents is 1. The van der Waals surface area contributed by atoms with Crippen LogP contribution < -0.4 is 11.3 Å². The van der Waals surface area contributed by atoms with Gasteiger partial charge in [0, 0.05) is 23.6 Å². The van der Waals surface area contributed by atoms with Crippen LogP contribution in [-0.2, 0) is 6.42 Å². The van der Waals surface area contributed by atoms with Gasteiger partial charge in [-0.05, 0) is 78.6 Å². The minimum absolute atomic E-state index is 0.00392. The van der Waals surface area contributed by atoms with Crippen molar-refractivity contribution in [2.75, 3.05) is 5.73 Å². The number of hydrogen-bond donors (Lipinski definition) is 2. The first-order valence-corrected chi connectivity index (χ1v) is 14.1. The molecule has 5 aromatic rings. The molecule has 6 heteroatoms. The van der Waals surface area contributed by atoms with Crippen LogP contribution in [0.1, 0.15) is 59.3 Å². The maximum Gasteiger partial charge on any atom is 0.263 e. The Morgan fingerprint density at radius 3 is 2.54 bits per heavy atom. The number of nitrogens with two attached hydrogens (primary N) is 1. The van der Waals surface area contributed by atoms with Crippen LogP contribution in [0, 0.1) is 19.8 Å². The first-order chi connectivity index (χ1) is 19.9. The van der Waals surface area contributed by atoms with Crippen molar-refractivity contribution in [3.05, 3.63) is 129 Å². The Kier molecular flexibility index (Phi) is 6.91. The fourth-order valence-electron chi connectivity index (χ4n) is 6.49. The zero-order valence-electron chi connectivity index (χ0n) is 23.6. The van der Waals surface area contributed by atoms with Gasteiger partial charge in [-0.1, -0.05) is 67.4 Å². The Bertz CT molecular complexity index is 1870. The number of aromatic nitrogens is 3. The molecule has 6 nitrogen and oxygen atoms in total. The summed E-state index contributed by atoms with van der Waals surface area (Å²) in [6.45, 7) is 6.22. The second-order valence-electron chi connectivity index (χ2n) is 11.1. The number of aromatic hydroxyl groups is 1. The minimum Gasteiger partial charge on any atom is -0.508 e. The highest BCUT2D eigenvalue weighted by atomic mass is 16.3. The van der Waals surface area contributed by atoms with Crippen molar-refractivity contribution in [3.63, 3.8) is 0 Å². The van der Waals surface area contributed by atoms with E-state index in [9.17, 15) is 9.90 Å². The molecule has 0 saturated carbocycles. The molecule has 0 fully saturated rings. The van der Waals surface area contributed by atoms with E-state index in [-0.39, 0.29) is 23.1 Å². The lowest BCUT2D eigenvalue weighted by atomic mass is 9.77. The fourth-order valence-corrected chi connectivity index (χ4v) is 6.49. The zero-order valence-corrected chi connectivity index (χ0v) is 23.6. The summed E-state index contributed by atoms with van der Waals surface area (Å²) in [5.41, 5.74) is 14.2. The third-order valence-electron chi connectivity index (χ3n) is 8.44. The van der Waals surface area contributed by atoms with Crippen LogP contribution in [0.5, 0.6) is 5.75 Å². The van der Waals surface area contributed by atoms with Gasteiger partial charge in [0.2, 0.25) is 0 Å². The summed E-state index contributed by atoms with van der Waals surface area (Å²) in [6, 6.07) is 23.6. The van der Waals surface area contributed by atoms with Gasteiger partial charge in [-0.25, -0.2) is 9.97 Å². The molecular formula is C35H34N4O2. The number of nitrogen functional groups attached to an aromatic ring is 1. The van der Waals surface area contributed by atoms with Crippen molar-refractivity contribution < 1.29 is 5.11 Å². The molecule has 6 rings (SSSR count). The van der Waals surface area contributed by atoms with E-state index in [1.807, 2.05) is 79.1 Å². The highest BCUT2D eigenvalue weighted by Crippen LogP contribution is 2.44. The van der Waals surface area contributed by atoms with Gasteiger partial charge in [0.25, 0.3) is 5.56 Å². The Balaban J connectivity index is 1.54. The summed E-state index contributed by atoms with van der Waals surface area (Å²) in [6.07, 6.45) is 5.91. The summed E-state index contributed by atoms with van der Waals surface area (Å²) in [5.74, 6) is 0.798. The number of aryl methyl sites for hydroxylation is 2. The molecule has 2 heterocycles. The van der Waals surface area contributed by atoms with Crippen molar-refractivity contribution >= 4 is 22.7 Å². The number of benzene rings is 3. The number of fused-ring (bicyclic) bond motifs is 2. The normalized spacial score (nSPS) is 16.7. The summed E-state index contributed by atoms with van der Waals surface area (Å²) < 4.78 is 1.89. The zero-order chi connectivity index (χ0) is 28.7. The van der Waals surface area contributed by atoms with Crippen molar-refractivity contribution in [2.45, 2.75) is 46.0 Å². The Labute approximate surface area is 239 Å². The summed E-state index contributed by atoms with van der Waals surface area (Å²) in [4.78, 5) is 23.2. The highest BCUT2D eigenvalue weighted by Gasteiger charge is 2.32. The number of nitrogens with zero attached hydrogens (tertiary/aromatic N) is 3. The number of para-hydroxylation sites is 1. The lowest BCUT2D eigenvalue weighted by molar-refractivity contribution is 0.442. The highest BCUT2D eigenvalue weighted by molar-refractivity contribution is 5.85. The standard InChI is InChI=1S/C35H34N4O2/c1-4-24-15-23(17-29-33(34(36)38-20-37-29)32(24)26-12-8-13-28(40)19-26)16-27-18-25-11-7-10-22(3)31(25)35(41)39(27)30-14-6-5-9-21(30)2/h5-14,17-20,24,32,40H,4,15-16H2,1-3H3,(H2,36,37,38). The Morgan fingerprint density at radius 1 is 0.976 bits per heavy atom. The molecule has 3 N–H and O–H groups in total. The van der Waals surface area contributed by atoms with Crippen LogP contribution in [0.3, 0.4) is 0 Å². The fraction of sp³-hybridized carbons (Fsp3) is 0.229. The average Bonchev–Trinajstić information content (AvgIpc) is 3.11. The summed E-state index contributed by atoms with van der Waals surface area (Å²) >= 11 is 0. The molecule has 1 aliphatic carbocycles. The molecule has 0 amide bonds. The van der Waals surface area contributed by atoms with Gasteiger partial charge in [0.05, 0.1) is 16.8 Å². The van der Waals surface area contributed by atoms with E-state index in [0.29, 0.717) is 12.2 Å². The molecule has 1 aliphatic rings. The van der Waals surface area contributed by atoms with E-state index in [2.05, 4.69) is 29.0 Å². The van der Waals surface area contributed by atoms with Gasteiger partial charge in [0.1, 0.15) is 17.9 Å². The summed E-state index contributed by atoms with van der Waals surface area (Å²) in [5, 5.41) is 12.0. The second-order valence-corrected chi connectivity index (χ2v) is 11.1. The molecule has 206 valence electrons. The van der Waals surface area contributed by atoms with E-state index in [0.717, 1.165) is 62.9 Å². The first-order valence-electron chi connectivity index (χ1n) is 14.1. The molecular weight excluding hydrogens is 508 g/mol. The molecule has 2 atom stereocenters. The molecule has 2 unspecified atom stereocenters. The number of phenols is 1. The van der Waals surface area contributed by atoms with Crippen molar-refractivity contribution in [3.8, 4) is 11.4 Å². The topological polar surface area (TPSA) is 94.0 Å². The summed E-state index contributed by atoms with van der Waals surface area (Å²) in [7, 11) is 0. The quantitative estimate of drug-likeness (QED) is 0.253. The maximum absolute atomic E-state index is 14.1. The third-order valence-corrected chi connectivity index (χ3v) is 8.44. The van der Waals surface area contributed by atoms with Gasteiger partial charge < -0.3 is 10.8 Å². The average molecular weight is 543 g/mol. The second kappa shape index (κ2) is 10.7. The van der Waals surface area contributed by atoms with Crippen LogP contribution >= 0.6 is 0 Å². The van der Waals surface area contributed by atoms with Crippen molar-refractivity contribution in [1.29, 1.82) is 0 Å². The predicted octanol–water partition coefficient (Wildman–Crippen LogP) is 6.87. The molecule has 0 radical (unpaired) electrons. The molecule has 0 spiro atoms. The third kappa shape index (κ3) is 4.80. The Morgan fingerprint density at radius 2 is 1.76 bits per heavy atom. The van der Waals surface area contributed by atoms with Crippen LogP contribution in [-0.4, -0.2) is 19.6 Å². The number of hydrogen-bond acceptors (Lipinski definition) is 5. The first kappa shape index (κ1) is 26.5. The molecule has 0 aliphatic heterocycles. The van der Waals surface area contributed by atoms with Crippen LogP contribution in [0.25, 0.3) is 22.5 Å². The maximum atomic E-state index is 14.1. The minimum atomic E-state index is -0.0742. The smallest absolute Gasteiger partial charge is 0.263 e. The van der Waals surface area contributed by atoms with Gasteiger partial charge >= 0.3 is 0 Å². The van der Waals surface area contributed by atoms with E-state index in [1.165, 1.54) is 11.9 Å². The largest absolute Gasteiger partial charge is 0.508 e. The number of pyridine rings is 1. The lowest BCUT2D eigenvalue weighted by Crippen LogP contribution is -2.24. The van der Waals surface area contributed by atoms with E-state index >= 15 is 0 Å². The molecule has 3 aromatic carbocycles. The van der Waals surface area contributed by atoms with Crippen molar-refractivity contribution in [1.82, 2.24) is 14.5 Å². The van der Waals surface area contributed by atoms with E-state index < -0.39 is 0 Å². The monoisotopic (exact) mass is 542 g/mol. The van der Waals surface area contributed by atoms with Crippen molar-refractivity contribution in [2.24, 2.45) is 5.92 Å². The van der Waals surface area contributed by atoms with Gasteiger partial charge in [-0.3, -0.25) is 9.36 Å². The Hall–Kier alpha value is -4.71. The van der Waals surface area contributed by atoms with Crippen LogP contribution in [0.15, 0.2) is 89.5 Å². The molecule has 41 heavy (non-hydrogen) atoms. The number of allylic oxidation sites excluding steroid dienone is 1. The van der Waals surface area contributed by atoms with Gasteiger partial charge in [0.15, 0.2) is 0 Å². The predicted molar refractivity (Wildman–Crippen MR) is 165 cm³/mol. The van der Waals surface area contributed by atoms with E-state index in [4.69, 9.17) is 5.73 Å². The number of rotatable bonds is 5. The van der Waals surface area contributed by atoms with Crippen LogP contribution in [0.2, 0.25) is 0 Å².